The van der Waals surface area contributed by atoms with Gasteiger partial charge >= 0.3 is 0 Å². The lowest BCUT2D eigenvalue weighted by Gasteiger charge is -2.25. The van der Waals surface area contributed by atoms with Crippen LogP contribution in [0.2, 0.25) is 0 Å². The normalized spacial score (nSPS) is 15.1. The number of fused-ring (bicyclic) bond motifs is 1. The maximum Gasteiger partial charge on any atom is 0.0699 e. The monoisotopic (exact) mass is 222 g/mol. The molecule has 1 heterocycles. The lowest BCUT2D eigenvalue weighted by molar-refractivity contribution is 0.943. The molecule has 85 valence electrons. The molecule has 0 N–H and O–H groups in total. The predicted molar refractivity (Wildman–Crippen MR) is 72.4 cm³/mol. The number of nitrogens with zero attached hydrogens (tertiary/aromatic N) is 1. The second-order valence-corrected chi connectivity index (χ2v) is 4.67. The van der Waals surface area contributed by atoms with Crippen molar-refractivity contribution in [2.24, 2.45) is 0 Å². The zero-order chi connectivity index (χ0) is 11.8. The molecule has 0 saturated carbocycles. The van der Waals surface area contributed by atoms with Crippen LogP contribution in [0, 0.1) is 13.0 Å². The molecular formula is C16H16N. The van der Waals surface area contributed by atoms with Crippen molar-refractivity contribution in [1.29, 1.82) is 0 Å². The smallest absolute Gasteiger partial charge is 0.0699 e. The van der Waals surface area contributed by atoms with Gasteiger partial charge in [-0.1, -0.05) is 36.4 Å². The lowest BCUT2D eigenvalue weighted by atomic mass is 10.1. The summed E-state index contributed by atoms with van der Waals surface area (Å²) in [5.41, 5.74) is 5.42. The highest BCUT2D eigenvalue weighted by Gasteiger charge is 2.28. The van der Waals surface area contributed by atoms with Gasteiger partial charge in [0.05, 0.1) is 6.04 Å². The van der Waals surface area contributed by atoms with Crippen LogP contribution in [0.25, 0.3) is 0 Å². The first-order chi connectivity index (χ1) is 8.27. The zero-order valence-corrected chi connectivity index (χ0v) is 10.3. The summed E-state index contributed by atoms with van der Waals surface area (Å²) in [5.74, 6) is 0. The van der Waals surface area contributed by atoms with Crippen LogP contribution in [0.15, 0.2) is 48.5 Å². The van der Waals surface area contributed by atoms with Gasteiger partial charge in [0.2, 0.25) is 0 Å². The van der Waals surface area contributed by atoms with Crippen molar-refractivity contribution in [2.75, 3.05) is 4.90 Å². The molecule has 2 aromatic carbocycles. The van der Waals surface area contributed by atoms with E-state index in [2.05, 4.69) is 67.3 Å². The van der Waals surface area contributed by atoms with Crippen LogP contribution < -0.4 is 4.90 Å². The van der Waals surface area contributed by atoms with Gasteiger partial charge in [-0.15, -0.1) is 0 Å². The van der Waals surface area contributed by atoms with Crippen molar-refractivity contribution in [3.8, 4) is 0 Å². The van der Waals surface area contributed by atoms with E-state index in [9.17, 15) is 0 Å². The molecule has 1 aliphatic rings. The number of para-hydroxylation sites is 2. The SMILES string of the molecule is C[C]1Cc2cccc(C)c2N1c1ccccc1. The van der Waals surface area contributed by atoms with Crippen LogP contribution in [0.3, 0.4) is 0 Å². The molecule has 0 aliphatic carbocycles. The first kappa shape index (κ1) is 10.4. The van der Waals surface area contributed by atoms with Gasteiger partial charge in [0, 0.05) is 17.8 Å². The van der Waals surface area contributed by atoms with Gasteiger partial charge in [-0.3, -0.25) is 0 Å². The Morgan fingerprint density at radius 2 is 1.65 bits per heavy atom. The van der Waals surface area contributed by atoms with E-state index in [1.165, 1.54) is 28.5 Å². The first-order valence-electron chi connectivity index (χ1n) is 6.03. The molecule has 1 heteroatoms. The summed E-state index contributed by atoms with van der Waals surface area (Å²) in [6, 6.07) is 18.6. The Morgan fingerprint density at radius 3 is 2.41 bits per heavy atom. The van der Waals surface area contributed by atoms with Crippen molar-refractivity contribution in [3.05, 3.63) is 65.7 Å². The lowest BCUT2D eigenvalue weighted by Crippen LogP contribution is -2.16. The first-order valence-corrected chi connectivity index (χ1v) is 6.03. The Bertz CT molecular complexity index is 530. The summed E-state index contributed by atoms with van der Waals surface area (Å²) in [6.07, 6.45) is 1.06. The van der Waals surface area contributed by atoms with E-state index in [1.807, 2.05) is 0 Å². The molecule has 0 aromatic heterocycles. The third-order valence-corrected chi connectivity index (χ3v) is 3.39. The summed E-state index contributed by atoms with van der Waals surface area (Å²) in [5, 5.41) is 0. The van der Waals surface area contributed by atoms with Crippen molar-refractivity contribution >= 4 is 11.4 Å². The third kappa shape index (κ3) is 1.62. The molecule has 2 aromatic rings. The highest BCUT2D eigenvalue weighted by atomic mass is 15.2. The van der Waals surface area contributed by atoms with Gasteiger partial charge in [0.15, 0.2) is 0 Å². The largest absolute Gasteiger partial charge is 0.332 e. The minimum atomic E-state index is 1.06. The van der Waals surface area contributed by atoms with Crippen LogP contribution in [0.5, 0.6) is 0 Å². The van der Waals surface area contributed by atoms with Crippen molar-refractivity contribution in [2.45, 2.75) is 20.3 Å². The Kier molecular flexibility index (Phi) is 2.40. The Morgan fingerprint density at radius 1 is 0.882 bits per heavy atom. The minimum absolute atomic E-state index is 1.06. The number of aryl methyl sites for hydroxylation is 1. The zero-order valence-electron chi connectivity index (χ0n) is 10.3. The minimum Gasteiger partial charge on any atom is -0.332 e. The quantitative estimate of drug-likeness (QED) is 0.697. The molecule has 0 bridgehead atoms. The number of hydrogen-bond acceptors (Lipinski definition) is 1. The third-order valence-electron chi connectivity index (χ3n) is 3.39. The van der Waals surface area contributed by atoms with Crippen LogP contribution >= 0.6 is 0 Å². The van der Waals surface area contributed by atoms with Crippen molar-refractivity contribution < 1.29 is 0 Å². The van der Waals surface area contributed by atoms with Crippen molar-refractivity contribution in [1.82, 2.24) is 0 Å². The number of benzene rings is 2. The highest BCUT2D eigenvalue weighted by Crippen LogP contribution is 2.43. The molecule has 1 aliphatic heterocycles. The molecule has 0 fully saturated rings. The Balaban J connectivity index is 2.14. The summed E-state index contributed by atoms with van der Waals surface area (Å²) in [7, 11) is 0. The molecule has 1 radical (unpaired) electrons. The van der Waals surface area contributed by atoms with Gasteiger partial charge in [0.1, 0.15) is 0 Å². The van der Waals surface area contributed by atoms with E-state index in [0.29, 0.717) is 0 Å². The van der Waals surface area contributed by atoms with E-state index in [-0.39, 0.29) is 0 Å². The average Bonchev–Trinajstić information content (AvgIpc) is 2.68. The number of anilines is 2. The Labute approximate surface area is 103 Å². The molecule has 0 amide bonds. The van der Waals surface area contributed by atoms with Crippen LogP contribution in [0.1, 0.15) is 18.1 Å². The number of hydrogen-bond donors (Lipinski definition) is 0. The molecule has 0 spiro atoms. The summed E-state index contributed by atoms with van der Waals surface area (Å²) in [6.45, 7) is 4.40. The van der Waals surface area contributed by atoms with Gasteiger partial charge in [0.25, 0.3) is 0 Å². The van der Waals surface area contributed by atoms with Crippen LogP contribution in [-0.4, -0.2) is 0 Å². The molecule has 0 unspecified atom stereocenters. The van der Waals surface area contributed by atoms with E-state index in [0.717, 1.165) is 6.42 Å². The number of rotatable bonds is 1. The molecule has 0 atom stereocenters. The van der Waals surface area contributed by atoms with Gasteiger partial charge in [-0.25, -0.2) is 0 Å². The molecule has 0 saturated heterocycles. The average molecular weight is 222 g/mol. The van der Waals surface area contributed by atoms with E-state index in [1.54, 1.807) is 0 Å². The van der Waals surface area contributed by atoms with E-state index >= 15 is 0 Å². The molecule has 3 rings (SSSR count). The fourth-order valence-corrected chi connectivity index (χ4v) is 2.65. The highest BCUT2D eigenvalue weighted by molar-refractivity contribution is 5.76. The second kappa shape index (κ2) is 3.92. The van der Waals surface area contributed by atoms with Gasteiger partial charge < -0.3 is 4.90 Å². The standard InChI is InChI=1S/C16H16N/c1-12-7-6-8-14-11-13(2)17(16(12)14)15-9-4-3-5-10-15/h3-10H,11H2,1-2H3. The maximum atomic E-state index is 2.38. The molecular weight excluding hydrogens is 206 g/mol. The predicted octanol–water partition coefficient (Wildman–Crippen LogP) is 4.24. The van der Waals surface area contributed by atoms with Gasteiger partial charge in [-0.05, 0) is 37.1 Å². The molecule has 17 heavy (non-hydrogen) atoms. The Hall–Kier alpha value is -1.76. The summed E-state index contributed by atoms with van der Waals surface area (Å²) >= 11 is 0. The summed E-state index contributed by atoms with van der Waals surface area (Å²) in [4.78, 5) is 2.38. The van der Waals surface area contributed by atoms with E-state index in [4.69, 9.17) is 0 Å². The topological polar surface area (TPSA) is 3.24 Å². The van der Waals surface area contributed by atoms with Crippen LogP contribution in [-0.2, 0) is 6.42 Å². The fourth-order valence-electron chi connectivity index (χ4n) is 2.65. The fraction of sp³-hybridized carbons (Fsp3) is 0.188. The van der Waals surface area contributed by atoms with Gasteiger partial charge in [-0.2, -0.15) is 0 Å². The second-order valence-electron chi connectivity index (χ2n) is 4.67. The molecule has 1 nitrogen and oxygen atoms in total. The van der Waals surface area contributed by atoms with Crippen molar-refractivity contribution in [3.63, 3.8) is 0 Å². The summed E-state index contributed by atoms with van der Waals surface area (Å²) < 4.78 is 0. The van der Waals surface area contributed by atoms with Crippen LogP contribution in [0.4, 0.5) is 11.4 Å². The maximum absolute atomic E-state index is 2.38. The van der Waals surface area contributed by atoms with E-state index < -0.39 is 0 Å².